The Hall–Kier alpha value is -3.62. The van der Waals surface area contributed by atoms with E-state index < -0.39 is 29.3 Å². The maximum Gasteiger partial charge on any atom is 0.433 e. The van der Waals surface area contributed by atoms with Gasteiger partial charge in [0.1, 0.15) is 16.4 Å². The lowest BCUT2D eigenvalue weighted by Gasteiger charge is -2.09. The molecule has 0 saturated heterocycles. The fourth-order valence-electron chi connectivity index (χ4n) is 2.16. The highest BCUT2D eigenvalue weighted by molar-refractivity contribution is 5.88. The number of para-hydroxylation sites is 1. The van der Waals surface area contributed by atoms with Crippen molar-refractivity contribution < 1.29 is 28.4 Å². The van der Waals surface area contributed by atoms with Crippen LogP contribution in [0.15, 0.2) is 46.9 Å². The molecule has 1 heterocycles. The standard InChI is InChI=1S/C18H18N2O7/c1-25-15-5-3-2-4-13(15)10-11-19-16(21)12-26-18(22)9-7-14-6-8-17(27-14)20(23)24/h2-9H,10-12H2,1H3,(H,19,21)/b9-7+. The monoisotopic (exact) mass is 374 g/mol. The summed E-state index contributed by atoms with van der Waals surface area (Å²) in [7, 11) is 1.57. The van der Waals surface area contributed by atoms with E-state index in [1.54, 1.807) is 7.11 Å². The van der Waals surface area contributed by atoms with Gasteiger partial charge in [0, 0.05) is 12.6 Å². The number of ether oxygens (including phenoxy) is 2. The van der Waals surface area contributed by atoms with E-state index in [4.69, 9.17) is 13.9 Å². The SMILES string of the molecule is COc1ccccc1CCNC(=O)COC(=O)/C=C/c1ccc([N+](=O)[O-])o1. The van der Waals surface area contributed by atoms with Crippen molar-refractivity contribution in [3.8, 4) is 5.75 Å². The highest BCUT2D eigenvalue weighted by Gasteiger charge is 2.11. The van der Waals surface area contributed by atoms with Crippen LogP contribution < -0.4 is 10.1 Å². The molecule has 1 amide bonds. The van der Waals surface area contributed by atoms with Gasteiger partial charge in [0.15, 0.2) is 6.61 Å². The van der Waals surface area contributed by atoms with Crippen molar-refractivity contribution in [3.05, 3.63) is 63.9 Å². The first kappa shape index (κ1) is 19.7. The second-order valence-corrected chi connectivity index (χ2v) is 5.29. The molecule has 0 spiro atoms. The summed E-state index contributed by atoms with van der Waals surface area (Å²) in [5.41, 5.74) is 0.952. The van der Waals surface area contributed by atoms with Crippen molar-refractivity contribution in [3.63, 3.8) is 0 Å². The topological polar surface area (TPSA) is 121 Å². The molecule has 0 aliphatic rings. The van der Waals surface area contributed by atoms with Gasteiger partial charge < -0.3 is 19.2 Å². The number of furan rings is 1. The largest absolute Gasteiger partial charge is 0.496 e. The number of benzene rings is 1. The van der Waals surface area contributed by atoms with Gasteiger partial charge in [0.05, 0.1) is 13.2 Å². The van der Waals surface area contributed by atoms with Crippen LogP contribution in [0.2, 0.25) is 0 Å². The van der Waals surface area contributed by atoms with Gasteiger partial charge in [-0.05, 0) is 30.2 Å². The molecule has 0 unspecified atom stereocenters. The number of hydrogen-bond donors (Lipinski definition) is 1. The summed E-state index contributed by atoms with van der Waals surface area (Å²) in [5.74, 6) is -0.784. The molecule has 2 aromatic rings. The quantitative estimate of drug-likeness (QED) is 0.309. The predicted octanol–water partition coefficient (Wildman–Crippen LogP) is 2.11. The van der Waals surface area contributed by atoms with Gasteiger partial charge in [-0.1, -0.05) is 18.2 Å². The zero-order valence-electron chi connectivity index (χ0n) is 14.5. The lowest BCUT2D eigenvalue weighted by Crippen LogP contribution is -2.30. The highest BCUT2D eigenvalue weighted by Crippen LogP contribution is 2.17. The van der Waals surface area contributed by atoms with Crippen LogP contribution in [-0.2, 0) is 20.7 Å². The first-order chi connectivity index (χ1) is 13.0. The molecule has 0 aliphatic carbocycles. The fourth-order valence-corrected chi connectivity index (χ4v) is 2.16. The zero-order chi connectivity index (χ0) is 19.6. The molecular weight excluding hydrogens is 356 g/mol. The van der Waals surface area contributed by atoms with Crippen LogP contribution in [0.25, 0.3) is 6.08 Å². The Bertz CT molecular complexity index is 842. The Balaban J connectivity index is 1.70. The van der Waals surface area contributed by atoms with Gasteiger partial charge in [-0.2, -0.15) is 0 Å². The average Bonchev–Trinajstić information content (AvgIpc) is 3.14. The molecule has 142 valence electrons. The van der Waals surface area contributed by atoms with Gasteiger partial charge in [0.25, 0.3) is 5.91 Å². The smallest absolute Gasteiger partial charge is 0.433 e. The third-order valence-electron chi connectivity index (χ3n) is 3.43. The van der Waals surface area contributed by atoms with Crippen LogP contribution in [0.3, 0.4) is 0 Å². The lowest BCUT2D eigenvalue weighted by molar-refractivity contribution is -0.402. The molecule has 2 rings (SSSR count). The molecule has 0 fully saturated rings. The molecule has 0 aliphatic heterocycles. The highest BCUT2D eigenvalue weighted by atomic mass is 16.6. The number of amides is 1. The summed E-state index contributed by atoms with van der Waals surface area (Å²) in [6, 6.07) is 9.97. The molecule has 1 aromatic carbocycles. The minimum atomic E-state index is -0.770. The van der Waals surface area contributed by atoms with Crippen LogP contribution in [0.4, 0.5) is 5.88 Å². The maximum absolute atomic E-state index is 11.7. The van der Waals surface area contributed by atoms with E-state index in [0.29, 0.717) is 13.0 Å². The Morgan fingerprint density at radius 3 is 2.74 bits per heavy atom. The summed E-state index contributed by atoms with van der Waals surface area (Å²) < 4.78 is 14.9. The number of hydrogen-bond acceptors (Lipinski definition) is 7. The molecule has 0 bridgehead atoms. The Labute approximate surface area is 154 Å². The van der Waals surface area contributed by atoms with Gasteiger partial charge in [-0.25, -0.2) is 4.79 Å². The van der Waals surface area contributed by atoms with E-state index in [0.717, 1.165) is 17.4 Å². The first-order valence-electron chi connectivity index (χ1n) is 7.97. The van der Waals surface area contributed by atoms with E-state index in [2.05, 4.69) is 5.32 Å². The van der Waals surface area contributed by atoms with E-state index in [9.17, 15) is 19.7 Å². The van der Waals surface area contributed by atoms with Gasteiger partial charge >= 0.3 is 11.9 Å². The van der Waals surface area contributed by atoms with E-state index in [-0.39, 0.29) is 5.76 Å². The zero-order valence-corrected chi connectivity index (χ0v) is 14.5. The number of rotatable bonds is 9. The van der Waals surface area contributed by atoms with E-state index in [1.807, 2.05) is 24.3 Å². The molecule has 1 N–H and O–H groups in total. The van der Waals surface area contributed by atoms with Gasteiger partial charge in [-0.15, -0.1) is 0 Å². The van der Waals surface area contributed by atoms with Crippen molar-refractivity contribution in [1.82, 2.24) is 5.32 Å². The number of nitrogens with zero attached hydrogens (tertiary/aromatic N) is 1. The van der Waals surface area contributed by atoms with Crippen molar-refractivity contribution >= 4 is 23.8 Å². The second-order valence-electron chi connectivity index (χ2n) is 5.29. The van der Waals surface area contributed by atoms with Crippen LogP contribution in [0.5, 0.6) is 5.75 Å². The Kier molecular flexibility index (Phi) is 7.12. The number of methoxy groups -OCH3 is 1. The number of carbonyl (C=O) groups is 2. The lowest BCUT2D eigenvalue weighted by atomic mass is 10.1. The first-order valence-corrected chi connectivity index (χ1v) is 7.97. The second kappa shape index (κ2) is 9.76. The molecular formula is C18H18N2O7. The molecule has 0 atom stereocenters. The Morgan fingerprint density at radius 1 is 1.26 bits per heavy atom. The van der Waals surface area contributed by atoms with Crippen molar-refractivity contribution in [2.75, 3.05) is 20.3 Å². The number of nitrogens with one attached hydrogen (secondary N) is 1. The van der Waals surface area contributed by atoms with Crippen LogP contribution >= 0.6 is 0 Å². The maximum atomic E-state index is 11.7. The minimum Gasteiger partial charge on any atom is -0.496 e. The Morgan fingerprint density at radius 2 is 2.04 bits per heavy atom. The van der Waals surface area contributed by atoms with Crippen molar-refractivity contribution in [2.45, 2.75) is 6.42 Å². The van der Waals surface area contributed by atoms with Crippen LogP contribution in [-0.4, -0.2) is 37.1 Å². The van der Waals surface area contributed by atoms with Crippen LogP contribution in [0, 0.1) is 10.1 Å². The fraction of sp³-hybridized carbons (Fsp3) is 0.222. The average molecular weight is 374 g/mol. The van der Waals surface area contributed by atoms with E-state index in [1.165, 1.54) is 18.2 Å². The molecule has 1 aromatic heterocycles. The van der Waals surface area contributed by atoms with Crippen molar-refractivity contribution in [2.24, 2.45) is 0 Å². The molecule has 0 saturated carbocycles. The molecule has 0 radical (unpaired) electrons. The molecule has 9 nitrogen and oxygen atoms in total. The predicted molar refractivity (Wildman–Crippen MR) is 95.1 cm³/mol. The minimum absolute atomic E-state index is 0.125. The third kappa shape index (κ3) is 6.31. The summed E-state index contributed by atoms with van der Waals surface area (Å²) >= 11 is 0. The van der Waals surface area contributed by atoms with Gasteiger partial charge in [0.2, 0.25) is 0 Å². The number of carbonyl (C=O) groups excluding carboxylic acids is 2. The number of nitro groups is 1. The summed E-state index contributed by atoms with van der Waals surface area (Å²) in [6.45, 7) is -0.0734. The van der Waals surface area contributed by atoms with Gasteiger partial charge in [-0.3, -0.25) is 14.9 Å². The van der Waals surface area contributed by atoms with Crippen LogP contribution in [0.1, 0.15) is 11.3 Å². The summed E-state index contributed by atoms with van der Waals surface area (Å²) in [6.07, 6.45) is 2.81. The molecule has 9 heteroatoms. The summed E-state index contributed by atoms with van der Waals surface area (Å²) in [4.78, 5) is 33.1. The summed E-state index contributed by atoms with van der Waals surface area (Å²) in [5, 5.41) is 13.1. The third-order valence-corrected chi connectivity index (χ3v) is 3.43. The van der Waals surface area contributed by atoms with E-state index >= 15 is 0 Å². The normalized spacial score (nSPS) is 10.6. The van der Waals surface area contributed by atoms with Crippen molar-refractivity contribution in [1.29, 1.82) is 0 Å². The number of esters is 1. The molecule has 27 heavy (non-hydrogen) atoms.